The van der Waals surface area contributed by atoms with Gasteiger partial charge < -0.3 is 10.1 Å². The van der Waals surface area contributed by atoms with Gasteiger partial charge in [-0.25, -0.2) is 0 Å². The zero-order chi connectivity index (χ0) is 10.8. The van der Waals surface area contributed by atoms with Crippen LogP contribution in [0.15, 0.2) is 0 Å². The van der Waals surface area contributed by atoms with E-state index < -0.39 is 0 Å². The van der Waals surface area contributed by atoms with Crippen LogP contribution in [-0.4, -0.2) is 36.5 Å². The van der Waals surface area contributed by atoms with Crippen molar-refractivity contribution in [1.29, 1.82) is 0 Å². The minimum absolute atomic E-state index is 0.503. The van der Waals surface area contributed by atoms with Crippen LogP contribution in [0, 0.1) is 0 Å². The third-order valence-electron chi connectivity index (χ3n) is 3.38. The van der Waals surface area contributed by atoms with Crippen molar-refractivity contribution in [2.75, 3.05) is 26.3 Å². The fourth-order valence-electron chi connectivity index (χ4n) is 2.37. The Morgan fingerprint density at radius 3 is 2.75 bits per heavy atom. The summed E-state index contributed by atoms with van der Waals surface area (Å²) in [7, 11) is 0. The maximum absolute atomic E-state index is 5.39. The van der Waals surface area contributed by atoms with Gasteiger partial charge in [-0.1, -0.05) is 0 Å². The Bertz CT molecular complexity index is 343. The molecule has 0 aliphatic carbocycles. The molecule has 0 spiro atoms. The SMILES string of the molecule is C1CNCC(c2nnc(C3CCOC3)s2)C1. The van der Waals surface area contributed by atoms with Crippen molar-refractivity contribution >= 4 is 11.3 Å². The molecule has 1 N–H and O–H groups in total. The third kappa shape index (κ3) is 2.12. The fourth-order valence-corrected chi connectivity index (χ4v) is 3.47. The van der Waals surface area contributed by atoms with E-state index in [1.165, 1.54) is 22.9 Å². The first-order valence-corrected chi connectivity index (χ1v) is 6.87. The van der Waals surface area contributed by atoms with E-state index in [0.29, 0.717) is 11.8 Å². The summed E-state index contributed by atoms with van der Waals surface area (Å²) in [5.41, 5.74) is 0. The van der Waals surface area contributed by atoms with E-state index in [4.69, 9.17) is 4.74 Å². The summed E-state index contributed by atoms with van der Waals surface area (Å²) in [6.45, 7) is 3.93. The second-order valence-electron chi connectivity index (χ2n) is 4.58. The first-order valence-electron chi connectivity index (χ1n) is 6.05. The fraction of sp³-hybridized carbons (Fsp3) is 0.818. The number of hydrogen-bond donors (Lipinski definition) is 1. The van der Waals surface area contributed by atoms with E-state index in [2.05, 4.69) is 15.5 Å². The molecular weight excluding hydrogens is 222 g/mol. The predicted molar refractivity (Wildman–Crippen MR) is 62.9 cm³/mol. The number of nitrogens with zero attached hydrogens (tertiary/aromatic N) is 2. The molecule has 4 nitrogen and oxygen atoms in total. The highest BCUT2D eigenvalue weighted by molar-refractivity contribution is 7.11. The van der Waals surface area contributed by atoms with Crippen LogP contribution < -0.4 is 5.32 Å². The molecule has 0 bridgehead atoms. The highest BCUT2D eigenvalue weighted by Crippen LogP contribution is 2.32. The second-order valence-corrected chi connectivity index (χ2v) is 5.62. The van der Waals surface area contributed by atoms with Gasteiger partial charge in [0, 0.05) is 25.0 Å². The number of ether oxygens (including phenoxy) is 1. The van der Waals surface area contributed by atoms with Gasteiger partial charge in [0.15, 0.2) is 0 Å². The Balaban J connectivity index is 1.71. The van der Waals surface area contributed by atoms with Crippen molar-refractivity contribution in [3.8, 4) is 0 Å². The molecule has 0 aromatic carbocycles. The van der Waals surface area contributed by atoms with Crippen molar-refractivity contribution < 1.29 is 4.74 Å². The lowest BCUT2D eigenvalue weighted by Gasteiger charge is -2.19. The standard InChI is InChI=1S/C11H17N3OS/c1-2-8(6-12-4-1)10-13-14-11(16-10)9-3-5-15-7-9/h8-9,12H,1-7H2. The van der Waals surface area contributed by atoms with Crippen molar-refractivity contribution in [3.05, 3.63) is 10.0 Å². The Morgan fingerprint density at radius 2 is 2.06 bits per heavy atom. The molecule has 3 rings (SSSR count). The average molecular weight is 239 g/mol. The number of hydrogen-bond acceptors (Lipinski definition) is 5. The molecule has 5 heteroatoms. The van der Waals surface area contributed by atoms with Crippen LogP contribution in [0.4, 0.5) is 0 Å². The van der Waals surface area contributed by atoms with Crippen LogP contribution in [0.2, 0.25) is 0 Å². The monoisotopic (exact) mass is 239 g/mol. The van der Waals surface area contributed by atoms with Gasteiger partial charge in [0.25, 0.3) is 0 Å². The van der Waals surface area contributed by atoms with Gasteiger partial charge in [0.1, 0.15) is 10.0 Å². The molecule has 1 aromatic heterocycles. The van der Waals surface area contributed by atoms with Gasteiger partial charge in [-0.15, -0.1) is 21.5 Å². The summed E-state index contributed by atoms with van der Waals surface area (Å²) >= 11 is 1.79. The first-order chi connectivity index (χ1) is 7.93. The molecule has 2 saturated heterocycles. The maximum Gasteiger partial charge on any atom is 0.122 e. The number of rotatable bonds is 2. The van der Waals surface area contributed by atoms with E-state index in [1.54, 1.807) is 11.3 Å². The maximum atomic E-state index is 5.39. The van der Waals surface area contributed by atoms with Crippen LogP contribution in [0.3, 0.4) is 0 Å². The minimum atomic E-state index is 0.503. The van der Waals surface area contributed by atoms with Crippen LogP contribution in [0.5, 0.6) is 0 Å². The Hall–Kier alpha value is -0.520. The van der Waals surface area contributed by atoms with E-state index >= 15 is 0 Å². The smallest absolute Gasteiger partial charge is 0.122 e. The quantitative estimate of drug-likeness (QED) is 0.850. The molecule has 88 valence electrons. The van der Waals surface area contributed by atoms with E-state index in [-0.39, 0.29) is 0 Å². The molecule has 0 amide bonds. The highest BCUT2D eigenvalue weighted by atomic mass is 32.1. The summed E-state index contributed by atoms with van der Waals surface area (Å²) in [6.07, 6.45) is 3.62. The molecule has 0 radical (unpaired) electrons. The van der Waals surface area contributed by atoms with Crippen molar-refractivity contribution in [1.82, 2.24) is 15.5 Å². The van der Waals surface area contributed by atoms with Gasteiger partial charge in [-0.05, 0) is 25.8 Å². The van der Waals surface area contributed by atoms with E-state index in [1.807, 2.05) is 0 Å². The van der Waals surface area contributed by atoms with Gasteiger partial charge in [-0.2, -0.15) is 0 Å². The molecule has 2 fully saturated rings. The van der Waals surface area contributed by atoms with Crippen molar-refractivity contribution in [2.24, 2.45) is 0 Å². The Morgan fingerprint density at radius 1 is 1.19 bits per heavy atom. The summed E-state index contributed by atoms with van der Waals surface area (Å²) in [6, 6.07) is 0. The average Bonchev–Trinajstić information content (AvgIpc) is 3.01. The molecule has 2 aliphatic rings. The highest BCUT2D eigenvalue weighted by Gasteiger charge is 2.24. The topological polar surface area (TPSA) is 47.0 Å². The Labute approximate surface area is 99.4 Å². The van der Waals surface area contributed by atoms with E-state index in [9.17, 15) is 0 Å². The zero-order valence-corrected chi connectivity index (χ0v) is 10.1. The van der Waals surface area contributed by atoms with Gasteiger partial charge in [-0.3, -0.25) is 0 Å². The lowest BCUT2D eigenvalue weighted by atomic mass is 10.0. The van der Waals surface area contributed by atoms with Crippen LogP contribution in [0.25, 0.3) is 0 Å². The van der Waals surface area contributed by atoms with Crippen molar-refractivity contribution in [2.45, 2.75) is 31.1 Å². The van der Waals surface area contributed by atoms with Gasteiger partial charge in [0.05, 0.1) is 6.61 Å². The normalized spacial score (nSPS) is 30.8. The van der Waals surface area contributed by atoms with Gasteiger partial charge in [0.2, 0.25) is 0 Å². The summed E-state index contributed by atoms with van der Waals surface area (Å²) in [5.74, 6) is 1.09. The van der Waals surface area contributed by atoms with Crippen molar-refractivity contribution in [3.63, 3.8) is 0 Å². The summed E-state index contributed by atoms with van der Waals surface area (Å²) < 4.78 is 5.39. The summed E-state index contributed by atoms with van der Waals surface area (Å²) in [5, 5.41) is 14.5. The van der Waals surface area contributed by atoms with Crippen LogP contribution in [0.1, 0.15) is 41.1 Å². The molecule has 3 heterocycles. The molecule has 2 atom stereocenters. The Kier molecular flexibility index (Phi) is 3.17. The molecular formula is C11H17N3OS. The van der Waals surface area contributed by atoms with Crippen LogP contribution >= 0.6 is 11.3 Å². The number of piperidine rings is 1. The largest absolute Gasteiger partial charge is 0.381 e. The minimum Gasteiger partial charge on any atom is -0.381 e. The lowest BCUT2D eigenvalue weighted by Crippen LogP contribution is -2.28. The molecule has 2 aliphatic heterocycles. The van der Waals surface area contributed by atoms with E-state index in [0.717, 1.165) is 32.7 Å². The number of aromatic nitrogens is 2. The van der Waals surface area contributed by atoms with Crippen LogP contribution in [-0.2, 0) is 4.74 Å². The molecule has 16 heavy (non-hydrogen) atoms. The van der Waals surface area contributed by atoms with Gasteiger partial charge >= 0.3 is 0 Å². The first kappa shape index (κ1) is 10.6. The molecule has 0 saturated carbocycles. The lowest BCUT2D eigenvalue weighted by molar-refractivity contribution is 0.194. The summed E-state index contributed by atoms with van der Waals surface area (Å²) in [4.78, 5) is 0. The molecule has 2 unspecified atom stereocenters. The molecule has 1 aromatic rings. The number of nitrogens with one attached hydrogen (secondary N) is 1. The zero-order valence-electron chi connectivity index (χ0n) is 9.32. The predicted octanol–water partition coefficient (Wildman–Crippen LogP) is 1.51. The second kappa shape index (κ2) is 4.77. The third-order valence-corrected chi connectivity index (χ3v) is 4.63.